The summed E-state index contributed by atoms with van der Waals surface area (Å²) in [5.74, 6) is -0.756. The first-order valence-corrected chi connectivity index (χ1v) is 6.86. The van der Waals surface area contributed by atoms with Crippen molar-refractivity contribution >= 4 is 5.69 Å². The van der Waals surface area contributed by atoms with E-state index >= 15 is 0 Å². The smallest absolute Gasteiger partial charge is 0.301 e. The molecule has 1 unspecified atom stereocenters. The number of piperazine rings is 1. The van der Waals surface area contributed by atoms with E-state index in [2.05, 4.69) is 23.8 Å². The number of nitro groups is 1. The zero-order valence-electron chi connectivity index (χ0n) is 11.9. The number of hydrogen-bond donors (Lipinski definition) is 0. The molecular formula is C14H20FN3O2. The number of nitrogens with zero attached hydrogens (tertiary/aromatic N) is 3. The molecular weight excluding hydrogens is 261 g/mol. The Morgan fingerprint density at radius 2 is 2.20 bits per heavy atom. The van der Waals surface area contributed by atoms with E-state index in [1.165, 1.54) is 12.1 Å². The first-order valence-electron chi connectivity index (χ1n) is 6.86. The minimum Gasteiger partial charge on any atom is -0.301 e. The van der Waals surface area contributed by atoms with Gasteiger partial charge in [0.05, 0.1) is 4.92 Å². The highest BCUT2D eigenvalue weighted by atomic mass is 19.1. The van der Waals surface area contributed by atoms with E-state index in [-0.39, 0.29) is 0 Å². The molecule has 1 aliphatic heterocycles. The largest absolute Gasteiger partial charge is 0.304 e. The fourth-order valence-electron chi connectivity index (χ4n) is 2.65. The number of rotatable bonds is 4. The van der Waals surface area contributed by atoms with Crippen LogP contribution in [0, 0.1) is 15.9 Å². The van der Waals surface area contributed by atoms with E-state index in [0.717, 1.165) is 31.6 Å². The third-order valence-electron chi connectivity index (χ3n) is 3.95. The van der Waals surface area contributed by atoms with Gasteiger partial charge in [0.2, 0.25) is 5.82 Å². The van der Waals surface area contributed by atoms with Gasteiger partial charge in [0, 0.05) is 38.3 Å². The molecule has 0 bridgehead atoms. The van der Waals surface area contributed by atoms with Crippen molar-refractivity contribution in [2.24, 2.45) is 0 Å². The lowest BCUT2D eigenvalue weighted by molar-refractivity contribution is -0.387. The Balaban J connectivity index is 2.03. The lowest BCUT2D eigenvalue weighted by Gasteiger charge is -2.39. The van der Waals surface area contributed by atoms with Crippen LogP contribution >= 0.6 is 0 Å². The lowest BCUT2D eigenvalue weighted by atomic mass is 10.1. The summed E-state index contributed by atoms with van der Waals surface area (Å²) in [5.41, 5.74) is 0.325. The Labute approximate surface area is 118 Å². The Kier molecular flexibility index (Phi) is 4.67. The third kappa shape index (κ3) is 3.32. The molecule has 1 fully saturated rings. The summed E-state index contributed by atoms with van der Waals surface area (Å²) in [6.45, 7) is 5.68. The molecule has 1 aliphatic rings. The van der Waals surface area contributed by atoms with E-state index in [4.69, 9.17) is 0 Å². The average Bonchev–Trinajstić information content (AvgIpc) is 2.40. The second-order valence-electron chi connectivity index (χ2n) is 5.32. The predicted octanol–water partition coefficient (Wildman–Crippen LogP) is 2.26. The fourth-order valence-corrected chi connectivity index (χ4v) is 2.65. The Morgan fingerprint density at radius 1 is 1.45 bits per heavy atom. The molecule has 1 aromatic carbocycles. The van der Waals surface area contributed by atoms with E-state index < -0.39 is 16.4 Å². The first kappa shape index (κ1) is 14.9. The molecule has 20 heavy (non-hydrogen) atoms. The number of benzene rings is 1. The molecule has 0 aromatic heterocycles. The second kappa shape index (κ2) is 6.28. The quantitative estimate of drug-likeness (QED) is 0.627. The predicted molar refractivity (Wildman–Crippen MR) is 75.0 cm³/mol. The number of nitro benzene ring substituents is 1. The van der Waals surface area contributed by atoms with Crippen molar-refractivity contribution in [3.05, 3.63) is 39.7 Å². The molecule has 1 saturated heterocycles. The van der Waals surface area contributed by atoms with Crippen LogP contribution in [-0.4, -0.2) is 47.4 Å². The summed E-state index contributed by atoms with van der Waals surface area (Å²) in [4.78, 5) is 14.5. The minimum absolute atomic E-state index is 0.460. The van der Waals surface area contributed by atoms with Gasteiger partial charge >= 0.3 is 5.69 Å². The molecule has 1 aromatic rings. The minimum atomic E-state index is -0.756. The molecule has 0 aliphatic carbocycles. The van der Waals surface area contributed by atoms with Crippen molar-refractivity contribution < 1.29 is 9.31 Å². The van der Waals surface area contributed by atoms with Crippen molar-refractivity contribution in [1.82, 2.24) is 9.80 Å². The van der Waals surface area contributed by atoms with Gasteiger partial charge in [-0.1, -0.05) is 13.0 Å². The van der Waals surface area contributed by atoms with E-state index in [1.54, 1.807) is 6.07 Å². The summed E-state index contributed by atoms with van der Waals surface area (Å²) in [6.07, 6.45) is 1.08. The Hall–Kier alpha value is -1.53. The maximum Gasteiger partial charge on any atom is 0.304 e. The number of hydrogen-bond acceptors (Lipinski definition) is 4. The maximum absolute atomic E-state index is 13.6. The molecule has 0 saturated carbocycles. The molecule has 0 spiro atoms. The van der Waals surface area contributed by atoms with Gasteiger partial charge in [0.1, 0.15) is 0 Å². The normalized spacial score (nSPS) is 21.1. The van der Waals surface area contributed by atoms with E-state index in [1.807, 2.05) is 0 Å². The van der Waals surface area contributed by atoms with Gasteiger partial charge in [-0.2, -0.15) is 4.39 Å². The Bertz CT molecular complexity index is 495. The van der Waals surface area contributed by atoms with Gasteiger partial charge in [0.25, 0.3) is 0 Å². The van der Waals surface area contributed by atoms with Gasteiger partial charge in [0.15, 0.2) is 0 Å². The van der Waals surface area contributed by atoms with Gasteiger partial charge < -0.3 is 4.90 Å². The number of halogens is 1. The van der Waals surface area contributed by atoms with E-state index in [0.29, 0.717) is 12.6 Å². The van der Waals surface area contributed by atoms with Crippen molar-refractivity contribution in [3.8, 4) is 0 Å². The van der Waals surface area contributed by atoms with Crippen LogP contribution in [0.5, 0.6) is 0 Å². The van der Waals surface area contributed by atoms with Crippen LogP contribution in [0.4, 0.5) is 10.1 Å². The van der Waals surface area contributed by atoms with Crippen LogP contribution < -0.4 is 0 Å². The van der Waals surface area contributed by atoms with Gasteiger partial charge in [-0.05, 0) is 25.1 Å². The van der Waals surface area contributed by atoms with Gasteiger partial charge in [-0.25, -0.2) is 0 Å². The molecule has 0 amide bonds. The van der Waals surface area contributed by atoms with Crippen molar-refractivity contribution in [1.29, 1.82) is 0 Å². The summed E-state index contributed by atoms with van der Waals surface area (Å²) in [6, 6.07) is 4.68. The maximum atomic E-state index is 13.6. The highest BCUT2D eigenvalue weighted by Gasteiger charge is 2.23. The average molecular weight is 281 g/mol. The van der Waals surface area contributed by atoms with Crippen LogP contribution in [0.3, 0.4) is 0 Å². The van der Waals surface area contributed by atoms with Crippen LogP contribution in [0.2, 0.25) is 0 Å². The number of likely N-dealkylation sites (N-methyl/N-ethyl adjacent to an activating group) is 1. The molecule has 110 valence electrons. The summed E-state index contributed by atoms with van der Waals surface area (Å²) in [5, 5.41) is 10.6. The fraction of sp³-hybridized carbons (Fsp3) is 0.571. The van der Waals surface area contributed by atoms with Crippen molar-refractivity contribution in [2.45, 2.75) is 25.9 Å². The van der Waals surface area contributed by atoms with Gasteiger partial charge in [-0.3, -0.25) is 15.0 Å². The molecule has 5 nitrogen and oxygen atoms in total. The van der Waals surface area contributed by atoms with Crippen LogP contribution in [-0.2, 0) is 6.54 Å². The zero-order chi connectivity index (χ0) is 14.7. The Morgan fingerprint density at radius 3 is 2.80 bits per heavy atom. The van der Waals surface area contributed by atoms with Crippen LogP contribution in [0.25, 0.3) is 0 Å². The second-order valence-corrected chi connectivity index (χ2v) is 5.32. The zero-order valence-corrected chi connectivity index (χ0v) is 11.9. The summed E-state index contributed by atoms with van der Waals surface area (Å²) < 4.78 is 13.6. The third-order valence-corrected chi connectivity index (χ3v) is 3.95. The molecule has 2 rings (SSSR count). The summed E-state index contributed by atoms with van der Waals surface area (Å²) in [7, 11) is 2.12. The SMILES string of the molecule is CCC1CN(Cc2ccc([N+](=O)[O-])c(F)c2)CCN1C. The standard InChI is InChI=1S/C14H20FN3O2/c1-3-12-10-17(7-6-16(12)2)9-11-4-5-14(18(19)20)13(15)8-11/h4-5,8,12H,3,6-7,9-10H2,1-2H3. The monoisotopic (exact) mass is 281 g/mol. The molecule has 1 heterocycles. The van der Waals surface area contributed by atoms with Crippen molar-refractivity contribution in [3.63, 3.8) is 0 Å². The highest BCUT2D eigenvalue weighted by Crippen LogP contribution is 2.20. The van der Waals surface area contributed by atoms with Crippen LogP contribution in [0.1, 0.15) is 18.9 Å². The molecule has 1 atom stereocenters. The first-order chi connectivity index (χ1) is 9.51. The van der Waals surface area contributed by atoms with E-state index in [9.17, 15) is 14.5 Å². The van der Waals surface area contributed by atoms with Crippen LogP contribution in [0.15, 0.2) is 18.2 Å². The molecule has 6 heteroatoms. The van der Waals surface area contributed by atoms with Crippen molar-refractivity contribution in [2.75, 3.05) is 26.7 Å². The summed E-state index contributed by atoms with van der Waals surface area (Å²) >= 11 is 0. The molecule has 0 radical (unpaired) electrons. The molecule has 0 N–H and O–H groups in total. The lowest BCUT2D eigenvalue weighted by Crippen LogP contribution is -2.50. The topological polar surface area (TPSA) is 49.6 Å². The highest BCUT2D eigenvalue weighted by molar-refractivity contribution is 5.35. The van der Waals surface area contributed by atoms with Gasteiger partial charge in [-0.15, -0.1) is 0 Å².